The number of para-hydroxylation sites is 1. The Labute approximate surface area is 58.1 Å². The minimum atomic E-state index is -0.308. The summed E-state index contributed by atoms with van der Waals surface area (Å²) in [4.78, 5) is 10.6. The first-order valence-electron chi connectivity index (χ1n) is 2.90. The smallest absolute Gasteiger partial charge is 0.304 e. The number of rotatable bonds is 0. The molecule has 0 saturated heterocycles. The fourth-order valence-electron chi connectivity index (χ4n) is 0.866. The minimum absolute atomic E-state index is 0.308. The van der Waals surface area contributed by atoms with E-state index in [1.165, 1.54) is 0 Å². The largest absolute Gasteiger partial charge is 0.346 e. The molecule has 1 aliphatic heterocycles. The predicted octanol–water partition coefficient (Wildman–Crippen LogP) is 1.27. The van der Waals surface area contributed by atoms with E-state index in [-0.39, 0.29) is 6.03 Å². The van der Waals surface area contributed by atoms with Crippen LogP contribution in [0.3, 0.4) is 0 Å². The number of benzene rings is 1. The van der Waals surface area contributed by atoms with Gasteiger partial charge in [0.15, 0.2) is 0 Å². The molecule has 1 N–H and O–H groups in total. The molecule has 0 fully saturated rings. The van der Waals surface area contributed by atoms with Crippen molar-refractivity contribution in [1.82, 2.24) is 5.32 Å². The number of hydrogen-bond acceptors (Lipinski definition) is 1. The second kappa shape index (κ2) is 1.73. The zero-order valence-corrected chi connectivity index (χ0v) is 5.09. The maximum atomic E-state index is 10.6. The van der Waals surface area contributed by atoms with E-state index in [4.69, 9.17) is 0 Å². The summed E-state index contributed by atoms with van der Waals surface area (Å²) < 4.78 is 0. The van der Waals surface area contributed by atoms with Gasteiger partial charge in [0, 0.05) is 6.07 Å². The van der Waals surface area contributed by atoms with Crippen LogP contribution in [0.4, 0.5) is 16.2 Å². The van der Waals surface area contributed by atoms with Crippen molar-refractivity contribution in [3.05, 3.63) is 24.3 Å². The molecule has 3 heteroatoms. The molecule has 0 unspecified atom stereocenters. The second-order valence-corrected chi connectivity index (χ2v) is 1.97. The monoisotopic (exact) mass is 132 g/mol. The third-order valence-corrected chi connectivity index (χ3v) is 1.29. The van der Waals surface area contributed by atoms with E-state index in [1.54, 1.807) is 18.2 Å². The van der Waals surface area contributed by atoms with Crippen LogP contribution in [-0.2, 0) is 0 Å². The number of carbonyl (C=O) groups is 1. The molecule has 2 radical (unpaired) electrons. The summed E-state index contributed by atoms with van der Waals surface area (Å²) in [6.45, 7) is 0. The van der Waals surface area contributed by atoms with Gasteiger partial charge in [-0.15, -0.1) is 0 Å². The van der Waals surface area contributed by atoms with Crippen LogP contribution in [-0.4, -0.2) is 6.03 Å². The third-order valence-electron chi connectivity index (χ3n) is 1.29. The molecule has 0 bridgehead atoms. The number of urea groups is 1. The molecule has 0 aliphatic carbocycles. The van der Waals surface area contributed by atoms with Crippen molar-refractivity contribution in [2.75, 3.05) is 5.32 Å². The number of carbonyl (C=O) groups excluding carboxylic acids is 1. The van der Waals surface area contributed by atoms with E-state index in [9.17, 15) is 4.79 Å². The Bertz CT molecular complexity index is 256. The lowest BCUT2D eigenvalue weighted by Crippen LogP contribution is -2.08. The summed E-state index contributed by atoms with van der Waals surface area (Å²) in [6.07, 6.45) is 0. The van der Waals surface area contributed by atoms with Crippen molar-refractivity contribution in [2.24, 2.45) is 0 Å². The van der Waals surface area contributed by atoms with E-state index in [1.807, 2.05) is 0 Å². The summed E-state index contributed by atoms with van der Waals surface area (Å²) in [5, 5.41) is 6.21. The highest BCUT2D eigenvalue weighted by Crippen LogP contribution is 2.24. The number of nitrogens with zero attached hydrogens (tertiary/aromatic N) is 1. The van der Waals surface area contributed by atoms with Crippen LogP contribution in [0.15, 0.2) is 18.2 Å². The van der Waals surface area contributed by atoms with E-state index in [2.05, 4.69) is 16.7 Å². The van der Waals surface area contributed by atoms with Crippen LogP contribution in [0.1, 0.15) is 0 Å². The van der Waals surface area contributed by atoms with Gasteiger partial charge in [-0.1, -0.05) is 12.1 Å². The second-order valence-electron chi connectivity index (χ2n) is 1.97. The van der Waals surface area contributed by atoms with Crippen molar-refractivity contribution < 1.29 is 4.79 Å². The molecule has 0 spiro atoms. The highest BCUT2D eigenvalue weighted by atomic mass is 16.2. The van der Waals surface area contributed by atoms with Crippen molar-refractivity contribution in [2.45, 2.75) is 0 Å². The molecular formula is C7H4N2O. The first-order chi connectivity index (χ1) is 4.86. The first kappa shape index (κ1) is 5.29. The zero-order valence-electron chi connectivity index (χ0n) is 5.09. The predicted molar refractivity (Wildman–Crippen MR) is 36.1 cm³/mol. The molecule has 0 aromatic heterocycles. The number of amides is 2. The number of fused-ring (bicyclic) bond motifs is 1. The van der Waals surface area contributed by atoms with Gasteiger partial charge in [0.05, 0.1) is 5.69 Å². The molecule has 48 valence electrons. The average Bonchev–Trinajstić information content (AvgIpc) is 2.27. The molecule has 1 aromatic carbocycles. The average molecular weight is 132 g/mol. The standard InChI is InChI=1S/C7H4N2O/c10-7-8-5-3-1-2-4-6(5)9-7/h1-3H,(H,8,10). The lowest BCUT2D eigenvalue weighted by Gasteiger charge is -1.89. The maximum absolute atomic E-state index is 10.6. The van der Waals surface area contributed by atoms with Crippen molar-refractivity contribution in [1.29, 1.82) is 0 Å². The molecule has 1 aromatic rings. The zero-order chi connectivity index (χ0) is 6.97. The van der Waals surface area contributed by atoms with Crippen LogP contribution < -0.4 is 10.6 Å². The summed E-state index contributed by atoms with van der Waals surface area (Å²) >= 11 is 0. The fourth-order valence-corrected chi connectivity index (χ4v) is 0.866. The van der Waals surface area contributed by atoms with Gasteiger partial charge in [0.1, 0.15) is 5.69 Å². The topological polar surface area (TPSA) is 43.2 Å². The quantitative estimate of drug-likeness (QED) is 0.567. The van der Waals surface area contributed by atoms with Crippen LogP contribution >= 0.6 is 0 Å². The van der Waals surface area contributed by atoms with Gasteiger partial charge < -0.3 is 5.32 Å². The normalized spacial score (nSPS) is 13.8. The van der Waals surface area contributed by atoms with Gasteiger partial charge in [-0.3, -0.25) is 0 Å². The minimum Gasteiger partial charge on any atom is -0.304 e. The van der Waals surface area contributed by atoms with Crippen LogP contribution in [0.5, 0.6) is 0 Å². The summed E-state index contributed by atoms with van der Waals surface area (Å²) in [6, 6.07) is 7.84. The molecule has 1 heterocycles. The third kappa shape index (κ3) is 0.639. The van der Waals surface area contributed by atoms with E-state index >= 15 is 0 Å². The first-order valence-corrected chi connectivity index (χ1v) is 2.90. The Morgan fingerprint density at radius 3 is 3.30 bits per heavy atom. The maximum Gasteiger partial charge on any atom is 0.346 e. The molecule has 2 amide bonds. The van der Waals surface area contributed by atoms with Gasteiger partial charge in [-0.25, -0.2) is 4.79 Å². The van der Waals surface area contributed by atoms with Gasteiger partial charge in [-0.2, -0.15) is 5.32 Å². The molecule has 0 saturated carbocycles. The number of hydrogen-bond donors (Lipinski definition) is 1. The summed E-state index contributed by atoms with van der Waals surface area (Å²) in [5.74, 6) is 0. The summed E-state index contributed by atoms with van der Waals surface area (Å²) in [7, 11) is 0. The number of nitrogens with one attached hydrogen (secondary N) is 1. The van der Waals surface area contributed by atoms with Gasteiger partial charge >= 0.3 is 6.03 Å². The SMILES string of the molecule is O=C1[N]c2[c]cccc2N1. The summed E-state index contributed by atoms with van der Waals surface area (Å²) in [5.41, 5.74) is 1.35. The van der Waals surface area contributed by atoms with Gasteiger partial charge in [-0.05, 0) is 6.07 Å². The van der Waals surface area contributed by atoms with Crippen molar-refractivity contribution >= 4 is 17.4 Å². The van der Waals surface area contributed by atoms with Crippen molar-refractivity contribution in [3.8, 4) is 0 Å². The van der Waals surface area contributed by atoms with Crippen LogP contribution in [0, 0.1) is 6.07 Å². The fraction of sp³-hybridized carbons (Fsp3) is 0. The van der Waals surface area contributed by atoms with E-state index < -0.39 is 0 Å². The van der Waals surface area contributed by atoms with Gasteiger partial charge in [0.25, 0.3) is 0 Å². The Kier molecular flexibility index (Phi) is 0.917. The highest BCUT2D eigenvalue weighted by molar-refractivity contribution is 6.01. The van der Waals surface area contributed by atoms with Crippen LogP contribution in [0.2, 0.25) is 0 Å². The Balaban J connectivity index is 2.51. The Hall–Kier alpha value is -1.51. The molecule has 1 aliphatic rings. The lowest BCUT2D eigenvalue weighted by atomic mass is 10.3. The molecule has 3 nitrogen and oxygen atoms in total. The van der Waals surface area contributed by atoms with Crippen LogP contribution in [0.25, 0.3) is 0 Å². The number of anilines is 1. The van der Waals surface area contributed by atoms with Crippen molar-refractivity contribution in [3.63, 3.8) is 0 Å². The lowest BCUT2D eigenvalue weighted by molar-refractivity contribution is 0.256. The molecule has 0 atom stereocenters. The van der Waals surface area contributed by atoms with E-state index in [0.717, 1.165) is 5.69 Å². The Morgan fingerprint density at radius 1 is 1.60 bits per heavy atom. The highest BCUT2D eigenvalue weighted by Gasteiger charge is 2.16. The van der Waals surface area contributed by atoms with E-state index in [0.29, 0.717) is 5.69 Å². The molecular weight excluding hydrogens is 128 g/mol. The molecule has 10 heavy (non-hydrogen) atoms. The Morgan fingerprint density at radius 2 is 2.50 bits per heavy atom. The molecule has 2 rings (SSSR count). The van der Waals surface area contributed by atoms with Gasteiger partial charge in [0.2, 0.25) is 0 Å².